The van der Waals surface area contributed by atoms with Gasteiger partial charge in [-0.15, -0.1) is 0 Å². The van der Waals surface area contributed by atoms with Crippen molar-refractivity contribution in [2.45, 2.75) is 83.7 Å². The Morgan fingerprint density at radius 1 is 0.857 bits per heavy atom. The molecule has 188 valence electrons. The van der Waals surface area contributed by atoms with Gasteiger partial charge in [-0.2, -0.15) is 8.78 Å². The minimum absolute atomic E-state index is 0.229. The van der Waals surface area contributed by atoms with E-state index in [9.17, 15) is 13.2 Å². The lowest BCUT2D eigenvalue weighted by Crippen LogP contribution is -2.13. The average molecular weight is 487 g/mol. The maximum Gasteiger partial charge on any atom is 0.387 e. The zero-order valence-electron chi connectivity index (χ0n) is 20.3. The first kappa shape index (κ1) is 25.5. The monoisotopic (exact) mass is 486 g/mol. The second-order valence-corrected chi connectivity index (χ2v) is 9.85. The Kier molecular flexibility index (Phi) is 8.69. The molecule has 0 saturated heterocycles. The third kappa shape index (κ3) is 6.36. The van der Waals surface area contributed by atoms with Crippen molar-refractivity contribution in [3.05, 3.63) is 65.7 Å². The van der Waals surface area contributed by atoms with Crippen LogP contribution in [0.2, 0.25) is 0 Å². The molecule has 1 aliphatic carbocycles. The number of ether oxygens (including phenoxy) is 1. The summed E-state index contributed by atoms with van der Waals surface area (Å²) in [6.07, 6.45) is 12.9. The number of fused-ring (bicyclic) bond motifs is 1. The van der Waals surface area contributed by atoms with Gasteiger partial charge in [0.15, 0.2) is 11.6 Å². The van der Waals surface area contributed by atoms with Gasteiger partial charge in [0.05, 0.1) is 0 Å². The van der Waals surface area contributed by atoms with Crippen LogP contribution in [0.15, 0.2) is 48.5 Å². The van der Waals surface area contributed by atoms with Crippen LogP contribution >= 0.6 is 0 Å². The lowest BCUT2D eigenvalue weighted by molar-refractivity contribution is -0.0521. The molecule has 0 unspecified atom stereocenters. The van der Waals surface area contributed by atoms with Gasteiger partial charge in [0.1, 0.15) is 5.82 Å². The van der Waals surface area contributed by atoms with Crippen LogP contribution in [0.25, 0.3) is 21.9 Å². The lowest BCUT2D eigenvalue weighted by atomic mass is 9.76. The van der Waals surface area contributed by atoms with E-state index in [2.05, 4.69) is 17.7 Å². The predicted molar refractivity (Wildman–Crippen MR) is 134 cm³/mol. The number of alkyl halides is 2. The highest BCUT2D eigenvalue weighted by Crippen LogP contribution is 2.39. The summed E-state index contributed by atoms with van der Waals surface area (Å²) in [6, 6.07) is 12.9. The molecule has 5 heteroatoms. The quantitative estimate of drug-likeness (QED) is 0.205. The van der Waals surface area contributed by atoms with Gasteiger partial charge < -0.3 is 4.74 Å². The summed E-state index contributed by atoms with van der Waals surface area (Å²) in [7, 11) is 0. The van der Waals surface area contributed by atoms with Gasteiger partial charge in [0.2, 0.25) is 0 Å². The van der Waals surface area contributed by atoms with E-state index in [0.29, 0.717) is 11.3 Å². The SMILES string of the molecule is CCCCCCCC1CCC(c2ccc3c(F)c(-c4ccc(OC(F)F)c(F)c4)ccc3c2)CC1. The zero-order valence-corrected chi connectivity index (χ0v) is 20.3. The Hall–Kier alpha value is -2.56. The molecule has 0 heterocycles. The van der Waals surface area contributed by atoms with E-state index in [0.717, 1.165) is 23.4 Å². The molecule has 0 amide bonds. The molecule has 0 atom stereocenters. The predicted octanol–water partition coefficient (Wildman–Crippen LogP) is 10.0. The van der Waals surface area contributed by atoms with E-state index in [-0.39, 0.29) is 11.1 Å². The fourth-order valence-electron chi connectivity index (χ4n) is 5.47. The molecular weight excluding hydrogens is 452 g/mol. The highest BCUT2D eigenvalue weighted by Gasteiger charge is 2.23. The second kappa shape index (κ2) is 11.9. The van der Waals surface area contributed by atoms with Gasteiger partial charge in [0.25, 0.3) is 0 Å². The Labute approximate surface area is 205 Å². The van der Waals surface area contributed by atoms with Crippen molar-refractivity contribution in [3.63, 3.8) is 0 Å². The molecule has 1 saturated carbocycles. The molecule has 0 radical (unpaired) electrons. The Morgan fingerprint density at radius 2 is 1.63 bits per heavy atom. The van der Waals surface area contributed by atoms with Gasteiger partial charge in [-0.1, -0.05) is 81.8 Å². The van der Waals surface area contributed by atoms with E-state index in [1.165, 1.54) is 75.8 Å². The van der Waals surface area contributed by atoms with E-state index < -0.39 is 24.0 Å². The van der Waals surface area contributed by atoms with Crippen molar-refractivity contribution in [3.8, 4) is 16.9 Å². The number of unbranched alkanes of at least 4 members (excludes halogenated alkanes) is 4. The summed E-state index contributed by atoms with van der Waals surface area (Å²) >= 11 is 0. The summed E-state index contributed by atoms with van der Waals surface area (Å²) in [5.74, 6) is -0.598. The largest absolute Gasteiger partial charge is 0.432 e. The van der Waals surface area contributed by atoms with Crippen molar-refractivity contribution >= 4 is 10.8 Å². The summed E-state index contributed by atoms with van der Waals surface area (Å²) < 4.78 is 58.4. The molecular formula is C30H34F4O. The molecule has 3 aromatic carbocycles. The van der Waals surface area contributed by atoms with Crippen LogP contribution in [-0.4, -0.2) is 6.61 Å². The topological polar surface area (TPSA) is 9.23 Å². The number of hydrogen-bond acceptors (Lipinski definition) is 1. The van der Waals surface area contributed by atoms with Crippen LogP contribution in [-0.2, 0) is 0 Å². The molecule has 0 bridgehead atoms. The van der Waals surface area contributed by atoms with Gasteiger partial charge >= 0.3 is 6.61 Å². The Balaban J connectivity index is 1.43. The van der Waals surface area contributed by atoms with E-state index >= 15 is 4.39 Å². The van der Waals surface area contributed by atoms with E-state index in [4.69, 9.17) is 0 Å². The summed E-state index contributed by atoms with van der Waals surface area (Å²) in [5.41, 5.74) is 1.76. The summed E-state index contributed by atoms with van der Waals surface area (Å²) in [6.45, 7) is -0.870. The maximum atomic E-state index is 15.3. The van der Waals surface area contributed by atoms with E-state index in [1.54, 1.807) is 6.07 Å². The third-order valence-electron chi connectivity index (χ3n) is 7.47. The van der Waals surface area contributed by atoms with E-state index in [1.807, 2.05) is 18.2 Å². The minimum Gasteiger partial charge on any atom is -0.432 e. The van der Waals surface area contributed by atoms with Gasteiger partial charge in [-0.05, 0) is 66.2 Å². The first-order valence-electron chi connectivity index (χ1n) is 12.9. The number of halogens is 4. The van der Waals surface area contributed by atoms with Crippen LogP contribution in [0.1, 0.15) is 82.6 Å². The fourth-order valence-corrected chi connectivity index (χ4v) is 5.47. The van der Waals surface area contributed by atoms with Crippen LogP contribution < -0.4 is 4.74 Å². The highest BCUT2D eigenvalue weighted by molar-refractivity contribution is 5.89. The van der Waals surface area contributed by atoms with Crippen molar-refractivity contribution in [1.29, 1.82) is 0 Å². The normalized spacial score (nSPS) is 18.3. The van der Waals surface area contributed by atoms with Crippen molar-refractivity contribution in [2.75, 3.05) is 0 Å². The van der Waals surface area contributed by atoms with Gasteiger partial charge in [0, 0.05) is 10.9 Å². The van der Waals surface area contributed by atoms with Crippen LogP contribution in [0.3, 0.4) is 0 Å². The summed E-state index contributed by atoms with van der Waals surface area (Å²) in [5, 5.41) is 1.29. The molecule has 0 aliphatic heterocycles. The molecule has 35 heavy (non-hydrogen) atoms. The smallest absolute Gasteiger partial charge is 0.387 e. The fraction of sp³-hybridized carbons (Fsp3) is 0.467. The standard InChI is InChI=1S/C30H34F4O/c1-2-3-4-5-6-7-20-8-10-21(11-9-20)22-12-15-25-23(18-22)13-16-26(29(25)32)24-14-17-28(27(31)19-24)35-30(33)34/h12-21,30H,2-11H2,1H3. The molecule has 0 spiro atoms. The van der Waals surface area contributed by atoms with Crippen LogP contribution in [0, 0.1) is 17.6 Å². The Morgan fingerprint density at radius 3 is 2.34 bits per heavy atom. The van der Waals surface area contributed by atoms with Crippen molar-refractivity contribution < 1.29 is 22.3 Å². The number of benzene rings is 3. The molecule has 0 N–H and O–H groups in total. The third-order valence-corrected chi connectivity index (χ3v) is 7.47. The highest BCUT2D eigenvalue weighted by atomic mass is 19.3. The van der Waals surface area contributed by atoms with Crippen LogP contribution in [0.5, 0.6) is 5.75 Å². The second-order valence-electron chi connectivity index (χ2n) is 9.85. The summed E-state index contributed by atoms with van der Waals surface area (Å²) in [4.78, 5) is 0. The van der Waals surface area contributed by atoms with Gasteiger partial charge in [-0.25, -0.2) is 8.78 Å². The Bertz CT molecular complexity index is 1120. The number of rotatable bonds is 10. The molecule has 4 rings (SSSR count). The number of hydrogen-bond donors (Lipinski definition) is 0. The first-order chi connectivity index (χ1) is 17.0. The first-order valence-corrected chi connectivity index (χ1v) is 12.9. The average Bonchev–Trinajstić information content (AvgIpc) is 2.85. The van der Waals surface area contributed by atoms with Crippen molar-refractivity contribution in [2.24, 2.45) is 5.92 Å². The zero-order chi connectivity index (χ0) is 24.8. The molecule has 3 aromatic rings. The lowest BCUT2D eigenvalue weighted by Gasteiger charge is -2.29. The molecule has 1 aliphatic rings. The molecule has 1 nitrogen and oxygen atoms in total. The van der Waals surface area contributed by atoms with Crippen LogP contribution in [0.4, 0.5) is 17.6 Å². The molecule has 0 aromatic heterocycles. The minimum atomic E-state index is -3.12. The molecule has 1 fully saturated rings. The van der Waals surface area contributed by atoms with Crippen molar-refractivity contribution in [1.82, 2.24) is 0 Å². The maximum absolute atomic E-state index is 15.3. The van der Waals surface area contributed by atoms with Gasteiger partial charge in [-0.3, -0.25) is 0 Å².